The number of methoxy groups -OCH3 is 1. The highest BCUT2D eigenvalue weighted by molar-refractivity contribution is 7.89. The van der Waals surface area contributed by atoms with E-state index in [1.807, 2.05) is 0 Å². The van der Waals surface area contributed by atoms with E-state index in [0.717, 1.165) is 18.9 Å². The Hall–Kier alpha value is -1.68. The van der Waals surface area contributed by atoms with Crippen molar-refractivity contribution in [2.45, 2.75) is 36.8 Å². The minimum atomic E-state index is -3.91. The third-order valence-electron chi connectivity index (χ3n) is 3.84. The molecule has 0 radical (unpaired) electrons. The standard InChI is InChI=1S/C16H24N2O6S/c1-11(10-23-2)18-25(21,22)15-8-12(16(19)20)5-6-14(15)17-9-13-4-3-7-24-13/h5-6,8,11,13,17-18H,3-4,7,9-10H2,1-2H3,(H,19,20)/t11-,13-/m1/s1. The lowest BCUT2D eigenvalue weighted by Gasteiger charge is -2.18. The van der Waals surface area contributed by atoms with Crippen LogP contribution in [0.3, 0.4) is 0 Å². The van der Waals surface area contributed by atoms with Gasteiger partial charge in [0.05, 0.1) is 24.0 Å². The molecule has 0 aromatic heterocycles. The van der Waals surface area contributed by atoms with Gasteiger partial charge in [-0.1, -0.05) is 0 Å². The smallest absolute Gasteiger partial charge is 0.335 e. The molecule has 0 unspecified atom stereocenters. The highest BCUT2D eigenvalue weighted by Crippen LogP contribution is 2.24. The first-order chi connectivity index (χ1) is 11.8. The van der Waals surface area contributed by atoms with Crippen LogP contribution in [0.2, 0.25) is 0 Å². The van der Waals surface area contributed by atoms with Crippen molar-refractivity contribution in [1.29, 1.82) is 0 Å². The van der Waals surface area contributed by atoms with Crippen molar-refractivity contribution in [2.75, 3.05) is 32.2 Å². The van der Waals surface area contributed by atoms with E-state index in [-0.39, 0.29) is 23.2 Å². The number of sulfonamides is 1. The lowest BCUT2D eigenvalue weighted by Crippen LogP contribution is -2.36. The monoisotopic (exact) mass is 372 g/mol. The van der Waals surface area contributed by atoms with Crippen LogP contribution in [0, 0.1) is 0 Å². The molecule has 9 heteroatoms. The molecule has 2 rings (SSSR count). The molecule has 1 aromatic rings. The molecule has 0 bridgehead atoms. The van der Waals surface area contributed by atoms with E-state index in [9.17, 15) is 13.2 Å². The second-order valence-electron chi connectivity index (χ2n) is 6.01. The third kappa shape index (κ3) is 5.40. The Kier molecular flexibility index (Phi) is 6.77. The first-order valence-electron chi connectivity index (χ1n) is 8.07. The summed E-state index contributed by atoms with van der Waals surface area (Å²) in [4.78, 5) is 11.1. The number of carboxylic acids is 1. The van der Waals surface area contributed by atoms with Gasteiger partial charge in [-0.15, -0.1) is 0 Å². The quantitative estimate of drug-likeness (QED) is 0.598. The maximum Gasteiger partial charge on any atom is 0.335 e. The molecule has 8 nitrogen and oxygen atoms in total. The summed E-state index contributed by atoms with van der Waals surface area (Å²) in [5, 5.41) is 12.2. The first kappa shape index (κ1) is 19.6. The fourth-order valence-electron chi connectivity index (χ4n) is 2.67. The predicted octanol–water partition coefficient (Wildman–Crippen LogP) is 1.29. The van der Waals surface area contributed by atoms with Crippen LogP contribution in [0.4, 0.5) is 5.69 Å². The van der Waals surface area contributed by atoms with Crippen molar-refractivity contribution in [3.63, 3.8) is 0 Å². The number of ether oxygens (including phenoxy) is 2. The zero-order valence-corrected chi connectivity index (χ0v) is 15.1. The van der Waals surface area contributed by atoms with E-state index in [4.69, 9.17) is 14.6 Å². The summed E-state index contributed by atoms with van der Waals surface area (Å²) in [6.07, 6.45) is 1.91. The van der Waals surface area contributed by atoms with E-state index >= 15 is 0 Å². The SMILES string of the molecule is COC[C@@H](C)NS(=O)(=O)c1cc(C(=O)O)ccc1NC[C@H]1CCCO1. The van der Waals surface area contributed by atoms with Gasteiger partial charge in [0.1, 0.15) is 4.90 Å². The molecule has 1 saturated heterocycles. The lowest BCUT2D eigenvalue weighted by molar-refractivity contribution is 0.0696. The van der Waals surface area contributed by atoms with E-state index < -0.39 is 22.0 Å². The van der Waals surface area contributed by atoms with Crippen LogP contribution in [0.1, 0.15) is 30.1 Å². The molecule has 0 spiro atoms. The Bertz CT molecular complexity index is 701. The normalized spacial score (nSPS) is 18.9. The minimum absolute atomic E-state index is 0.0232. The molecule has 0 saturated carbocycles. The summed E-state index contributed by atoms with van der Waals surface area (Å²) in [5.41, 5.74) is 0.250. The fraction of sp³-hybridized carbons (Fsp3) is 0.562. The molecule has 25 heavy (non-hydrogen) atoms. The van der Waals surface area contributed by atoms with Gasteiger partial charge in [-0.25, -0.2) is 17.9 Å². The largest absolute Gasteiger partial charge is 0.478 e. The van der Waals surface area contributed by atoms with Crippen LogP contribution in [0.5, 0.6) is 0 Å². The Labute approximate surface area is 147 Å². The number of hydrogen-bond donors (Lipinski definition) is 3. The van der Waals surface area contributed by atoms with E-state index in [0.29, 0.717) is 18.8 Å². The number of nitrogens with one attached hydrogen (secondary N) is 2. The maximum atomic E-state index is 12.7. The minimum Gasteiger partial charge on any atom is -0.478 e. The van der Waals surface area contributed by atoms with Crippen molar-refractivity contribution in [2.24, 2.45) is 0 Å². The van der Waals surface area contributed by atoms with Gasteiger partial charge in [0.2, 0.25) is 10.0 Å². The molecule has 1 heterocycles. The summed E-state index contributed by atoms with van der Waals surface area (Å²) >= 11 is 0. The molecular weight excluding hydrogens is 348 g/mol. The molecule has 3 N–H and O–H groups in total. The number of carbonyl (C=O) groups is 1. The highest BCUT2D eigenvalue weighted by atomic mass is 32.2. The third-order valence-corrected chi connectivity index (χ3v) is 5.46. The molecule has 1 aliphatic heterocycles. The topological polar surface area (TPSA) is 114 Å². The molecule has 1 aliphatic rings. The zero-order chi connectivity index (χ0) is 18.4. The van der Waals surface area contributed by atoms with E-state index in [1.54, 1.807) is 6.92 Å². The lowest BCUT2D eigenvalue weighted by atomic mass is 10.2. The number of carboxylic acid groups (broad SMARTS) is 1. The summed E-state index contributed by atoms with van der Waals surface area (Å²) in [7, 11) is -2.43. The van der Waals surface area contributed by atoms with E-state index in [1.165, 1.54) is 19.2 Å². The van der Waals surface area contributed by atoms with Crippen LogP contribution in [0.15, 0.2) is 23.1 Å². The zero-order valence-electron chi connectivity index (χ0n) is 14.3. The number of rotatable bonds is 9. The van der Waals surface area contributed by atoms with Gasteiger partial charge in [-0.2, -0.15) is 0 Å². The molecule has 0 aliphatic carbocycles. The van der Waals surface area contributed by atoms with Gasteiger partial charge in [0, 0.05) is 26.3 Å². The highest BCUT2D eigenvalue weighted by Gasteiger charge is 2.24. The van der Waals surface area contributed by atoms with Gasteiger partial charge in [0.25, 0.3) is 0 Å². The Balaban J connectivity index is 2.27. The van der Waals surface area contributed by atoms with Crippen molar-refractivity contribution in [3.8, 4) is 0 Å². The number of aromatic carboxylic acids is 1. The average Bonchev–Trinajstić information content (AvgIpc) is 3.05. The summed E-state index contributed by atoms with van der Waals surface area (Å²) in [6, 6.07) is 3.54. The Morgan fingerprint density at radius 1 is 1.48 bits per heavy atom. The van der Waals surface area contributed by atoms with Gasteiger partial charge in [-0.05, 0) is 38.0 Å². The predicted molar refractivity (Wildman–Crippen MR) is 92.5 cm³/mol. The summed E-state index contributed by atoms with van der Waals surface area (Å²) < 4.78 is 38.3. The van der Waals surface area contributed by atoms with Crippen LogP contribution in [-0.4, -0.2) is 58.5 Å². The fourth-order valence-corrected chi connectivity index (χ4v) is 4.10. The summed E-state index contributed by atoms with van der Waals surface area (Å²) in [6.45, 7) is 3.03. The average molecular weight is 372 g/mol. The van der Waals surface area contributed by atoms with Gasteiger partial charge >= 0.3 is 5.97 Å². The molecule has 1 aromatic carbocycles. The van der Waals surface area contributed by atoms with Crippen LogP contribution < -0.4 is 10.0 Å². The van der Waals surface area contributed by atoms with Gasteiger partial charge < -0.3 is 19.9 Å². The Morgan fingerprint density at radius 3 is 2.84 bits per heavy atom. The molecule has 2 atom stereocenters. The van der Waals surface area contributed by atoms with Crippen molar-refractivity contribution >= 4 is 21.7 Å². The van der Waals surface area contributed by atoms with Gasteiger partial charge in [0.15, 0.2) is 0 Å². The second kappa shape index (κ2) is 8.61. The number of hydrogen-bond acceptors (Lipinski definition) is 6. The molecule has 1 fully saturated rings. The van der Waals surface area contributed by atoms with Crippen molar-refractivity contribution < 1.29 is 27.8 Å². The number of anilines is 1. The van der Waals surface area contributed by atoms with Crippen LogP contribution in [0.25, 0.3) is 0 Å². The second-order valence-corrected chi connectivity index (χ2v) is 7.69. The summed E-state index contributed by atoms with van der Waals surface area (Å²) in [5.74, 6) is -1.19. The maximum absolute atomic E-state index is 12.7. The van der Waals surface area contributed by atoms with Crippen molar-refractivity contribution in [1.82, 2.24) is 4.72 Å². The van der Waals surface area contributed by atoms with E-state index in [2.05, 4.69) is 10.0 Å². The number of benzene rings is 1. The van der Waals surface area contributed by atoms with Gasteiger partial charge in [-0.3, -0.25) is 0 Å². The molecule has 0 amide bonds. The van der Waals surface area contributed by atoms with Crippen LogP contribution in [-0.2, 0) is 19.5 Å². The molecular formula is C16H24N2O6S. The van der Waals surface area contributed by atoms with Crippen LogP contribution >= 0.6 is 0 Å². The Morgan fingerprint density at radius 2 is 2.24 bits per heavy atom. The first-order valence-corrected chi connectivity index (χ1v) is 9.56. The molecule has 140 valence electrons. The van der Waals surface area contributed by atoms with Crippen molar-refractivity contribution in [3.05, 3.63) is 23.8 Å².